The number of rotatable bonds is 3. The van der Waals surface area contributed by atoms with Crippen LogP contribution < -0.4 is 9.47 Å². The Morgan fingerprint density at radius 1 is 1.08 bits per heavy atom. The van der Waals surface area contributed by atoms with Crippen LogP contribution in [-0.2, 0) is 0 Å². The zero-order valence-corrected chi connectivity index (χ0v) is 12.5. The van der Waals surface area contributed by atoms with Gasteiger partial charge in [0.2, 0.25) is 6.79 Å². The fourth-order valence-corrected chi connectivity index (χ4v) is 2.61. The first-order chi connectivity index (χ1) is 12.1. The molecule has 0 atom stereocenters. The molecule has 124 valence electrons. The van der Waals surface area contributed by atoms with Gasteiger partial charge in [0.25, 0.3) is 17.5 Å². The van der Waals surface area contributed by atoms with Crippen LogP contribution in [0.2, 0.25) is 0 Å². The predicted octanol–water partition coefficient (Wildman–Crippen LogP) is 1.95. The van der Waals surface area contributed by atoms with E-state index in [1.807, 2.05) is 0 Å². The van der Waals surface area contributed by atoms with Crippen molar-refractivity contribution in [3.05, 3.63) is 63.2 Å². The molecule has 2 amide bonds. The van der Waals surface area contributed by atoms with Gasteiger partial charge in [-0.2, -0.15) is 10.1 Å². The minimum Gasteiger partial charge on any atom is -0.454 e. The Hall–Kier alpha value is -3.75. The van der Waals surface area contributed by atoms with Gasteiger partial charge in [-0.1, -0.05) is 12.1 Å². The maximum absolute atomic E-state index is 12.2. The molecule has 0 aromatic heterocycles. The number of benzene rings is 2. The highest BCUT2D eigenvalue weighted by Gasteiger charge is 2.35. The summed E-state index contributed by atoms with van der Waals surface area (Å²) in [5, 5.41) is 15.8. The number of hydrazone groups is 1. The van der Waals surface area contributed by atoms with Crippen molar-refractivity contribution in [2.75, 3.05) is 6.79 Å². The topological polar surface area (TPSA) is 111 Å². The number of hydrogen-bond donors (Lipinski definition) is 0. The summed E-state index contributed by atoms with van der Waals surface area (Å²) in [4.78, 5) is 35.1. The van der Waals surface area contributed by atoms with E-state index in [4.69, 9.17) is 9.47 Å². The molecule has 0 spiro atoms. The molecule has 0 fully saturated rings. The van der Waals surface area contributed by atoms with Gasteiger partial charge >= 0.3 is 0 Å². The van der Waals surface area contributed by atoms with Crippen LogP contribution in [0.3, 0.4) is 0 Å². The molecule has 2 aliphatic rings. The SMILES string of the molecule is O=C1c2ccccc2C(=O)N1/N=C\c1cc2c(cc1[N+](=O)[O-])OCO2. The van der Waals surface area contributed by atoms with Crippen molar-refractivity contribution in [1.29, 1.82) is 0 Å². The molecular formula is C16H9N3O6. The number of nitrogens with zero attached hydrogens (tertiary/aromatic N) is 3. The van der Waals surface area contributed by atoms with E-state index in [-0.39, 0.29) is 34.9 Å². The van der Waals surface area contributed by atoms with E-state index < -0.39 is 16.7 Å². The normalized spacial score (nSPS) is 15.1. The zero-order chi connectivity index (χ0) is 17.6. The Morgan fingerprint density at radius 2 is 1.68 bits per heavy atom. The molecule has 0 aliphatic carbocycles. The maximum atomic E-state index is 12.2. The summed E-state index contributed by atoms with van der Waals surface area (Å²) in [6, 6.07) is 8.91. The van der Waals surface area contributed by atoms with E-state index in [9.17, 15) is 19.7 Å². The lowest BCUT2D eigenvalue weighted by atomic mass is 10.1. The van der Waals surface area contributed by atoms with E-state index in [1.165, 1.54) is 24.3 Å². The molecule has 4 rings (SSSR count). The number of nitro groups is 1. The largest absolute Gasteiger partial charge is 0.454 e. The molecule has 0 unspecified atom stereocenters. The molecule has 25 heavy (non-hydrogen) atoms. The van der Waals surface area contributed by atoms with Gasteiger partial charge in [-0.05, 0) is 18.2 Å². The van der Waals surface area contributed by atoms with E-state index in [0.29, 0.717) is 10.8 Å². The summed E-state index contributed by atoms with van der Waals surface area (Å²) in [5.41, 5.74) is 0.296. The third-order valence-electron chi connectivity index (χ3n) is 3.80. The van der Waals surface area contributed by atoms with E-state index in [2.05, 4.69) is 5.10 Å². The average molecular weight is 339 g/mol. The predicted molar refractivity (Wildman–Crippen MR) is 83.8 cm³/mol. The molecule has 0 N–H and O–H groups in total. The average Bonchev–Trinajstić information content (AvgIpc) is 3.16. The van der Waals surface area contributed by atoms with Gasteiger partial charge in [0, 0.05) is 0 Å². The van der Waals surface area contributed by atoms with Crippen molar-refractivity contribution in [2.24, 2.45) is 5.10 Å². The number of imide groups is 1. The standard InChI is InChI=1S/C16H9N3O6/c20-15-10-3-1-2-4-11(10)16(21)18(15)17-7-9-5-13-14(25-8-24-13)6-12(9)19(22)23/h1-7H,8H2/b17-7-. The lowest BCUT2D eigenvalue weighted by molar-refractivity contribution is -0.385. The Morgan fingerprint density at radius 3 is 2.28 bits per heavy atom. The molecule has 2 heterocycles. The highest BCUT2D eigenvalue weighted by molar-refractivity contribution is 6.21. The second kappa shape index (κ2) is 5.41. The number of amides is 2. The number of ether oxygens (including phenoxy) is 2. The van der Waals surface area contributed by atoms with Crippen molar-refractivity contribution in [1.82, 2.24) is 5.01 Å². The molecule has 0 radical (unpaired) electrons. The van der Waals surface area contributed by atoms with Gasteiger partial charge in [-0.15, -0.1) is 0 Å². The van der Waals surface area contributed by atoms with Gasteiger partial charge in [-0.25, -0.2) is 0 Å². The van der Waals surface area contributed by atoms with Gasteiger partial charge in [0.15, 0.2) is 11.5 Å². The molecule has 0 saturated heterocycles. The number of carbonyl (C=O) groups is 2. The van der Waals surface area contributed by atoms with Crippen LogP contribution in [-0.4, -0.2) is 34.8 Å². The van der Waals surface area contributed by atoms with Crippen molar-refractivity contribution >= 4 is 23.7 Å². The van der Waals surface area contributed by atoms with Gasteiger partial charge < -0.3 is 9.47 Å². The van der Waals surface area contributed by atoms with E-state index >= 15 is 0 Å². The molecule has 9 nitrogen and oxygen atoms in total. The third kappa shape index (κ3) is 2.29. The Kier molecular flexibility index (Phi) is 3.21. The summed E-state index contributed by atoms with van der Waals surface area (Å²) in [7, 11) is 0. The van der Waals surface area contributed by atoms with Crippen LogP contribution in [0.5, 0.6) is 11.5 Å². The van der Waals surface area contributed by atoms with Gasteiger partial charge in [-0.3, -0.25) is 19.7 Å². The molecule has 2 aromatic carbocycles. The minimum absolute atomic E-state index is 0.0362. The van der Waals surface area contributed by atoms with Crippen molar-refractivity contribution in [2.45, 2.75) is 0 Å². The smallest absolute Gasteiger partial charge is 0.282 e. The fraction of sp³-hybridized carbons (Fsp3) is 0.0625. The first-order valence-corrected chi connectivity index (χ1v) is 7.16. The Labute approximate surface area is 140 Å². The number of hydrogen-bond acceptors (Lipinski definition) is 7. The van der Waals surface area contributed by atoms with Crippen molar-refractivity contribution in [3.63, 3.8) is 0 Å². The van der Waals surface area contributed by atoms with Crippen LogP contribution in [0.15, 0.2) is 41.5 Å². The van der Waals surface area contributed by atoms with E-state index in [1.54, 1.807) is 12.1 Å². The summed E-state index contributed by atoms with van der Waals surface area (Å²) in [5.74, 6) is -0.584. The molecule has 2 aromatic rings. The third-order valence-corrected chi connectivity index (χ3v) is 3.80. The molecule has 9 heteroatoms. The molecule has 0 saturated carbocycles. The summed E-state index contributed by atoms with van der Waals surface area (Å²) in [6.45, 7) is -0.0362. The zero-order valence-electron chi connectivity index (χ0n) is 12.5. The first-order valence-electron chi connectivity index (χ1n) is 7.16. The first kappa shape index (κ1) is 14.8. The summed E-state index contributed by atoms with van der Waals surface area (Å²) in [6.07, 6.45) is 1.09. The summed E-state index contributed by atoms with van der Waals surface area (Å²) >= 11 is 0. The van der Waals surface area contributed by atoms with Gasteiger partial charge in [0.05, 0.1) is 33.9 Å². The number of fused-ring (bicyclic) bond motifs is 2. The van der Waals surface area contributed by atoms with Crippen LogP contribution >= 0.6 is 0 Å². The van der Waals surface area contributed by atoms with Crippen LogP contribution in [0.4, 0.5) is 5.69 Å². The molecule has 2 aliphatic heterocycles. The fourth-order valence-electron chi connectivity index (χ4n) is 2.61. The molecular weight excluding hydrogens is 330 g/mol. The second-order valence-electron chi connectivity index (χ2n) is 5.23. The van der Waals surface area contributed by atoms with Crippen LogP contribution in [0.1, 0.15) is 26.3 Å². The summed E-state index contributed by atoms with van der Waals surface area (Å²) < 4.78 is 10.3. The van der Waals surface area contributed by atoms with Crippen LogP contribution in [0, 0.1) is 10.1 Å². The van der Waals surface area contributed by atoms with Crippen molar-refractivity contribution < 1.29 is 24.0 Å². The monoisotopic (exact) mass is 339 g/mol. The highest BCUT2D eigenvalue weighted by Crippen LogP contribution is 2.37. The second-order valence-corrected chi connectivity index (χ2v) is 5.23. The quantitative estimate of drug-likeness (QED) is 0.366. The lowest BCUT2D eigenvalue weighted by Gasteiger charge is -2.06. The van der Waals surface area contributed by atoms with Gasteiger partial charge in [0.1, 0.15) is 0 Å². The van der Waals surface area contributed by atoms with Crippen LogP contribution in [0.25, 0.3) is 0 Å². The number of carbonyl (C=O) groups excluding carboxylic acids is 2. The van der Waals surface area contributed by atoms with E-state index in [0.717, 1.165) is 6.21 Å². The number of nitro benzene ring substituents is 1. The molecule has 0 bridgehead atoms. The lowest BCUT2D eigenvalue weighted by Crippen LogP contribution is -2.24. The van der Waals surface area contributed by atoms with Crippen molar-refractivity contribution in [3.8, 4) is 11.5 Å². The highest BCUT2D eigenvalue weighted by atomic mass is 16.7. The Bertz CT molecular complexity index is 933. The Balaban J connectivity index is 1.71. The maximum Gasteiger partial charge on any atom is 0.282 e. The minimum atomic E-state index is -0.605.